The number of hydrogen-bond acceptors (Lipinski definition) is 4. The quantitative estimate of drug-likeness (QED) is 0.661. The maximum Gasteiger partial charge on any atom is 0.201 e. The molecule has 2 aromatic rings. The van der Waals surface area contributed by atoms with E-state index in [0.717, 1.165) is 23.5 Å². The first-order valence-corrected chi connectivity index (χ1v) is 6.44. The predicted molar refractivity (Wildman–Crippen MR) is 73.3 cm³/mol. The lowest BCUT2D eigenvalue weighted by atomic mass is 9.97. The van der Waals surface area contributed by atoms with Crippen molar-refractivity contribution in [3.8, 4) is 0 Å². The van der Waals surface area contributed by atoms with Gasteiger partial charge in [-0.2, -0.15) is 0 Å². The fourth-order valence-electron chi connectivity index (χ4n) is 2.51. The van der Waals surface area contributed by atoms with Gasteiger partial charge in [0.05, 0.1) is 11.0 Å². The zero-order chi connectivity index (χ0) is 12.5. The molecule has 3 rings (SSSR count). The number of hydrazine groups is 1. The van der Waals surface area contributed by atoms with E-state index in [1.54, 1.807) is 0 Å². The van der Waals surface area contributed by atoms with Crippen molar-refractivity contribution in [1.29, 1.82) is 0 Å². The SMILES string of the molecule is CC1NNC(C)C1CNc1nc2ccccc2[nH]1. The molecule has 1 fully saturated rings. The van der Waals surface area contributed by atoms with Crippen LogP contribution in [0.5, 0.6) is 0 Å². The molecule has 0 radical (unpaired) electrons. The number of aromatic amines is 1. The third-order valence-electron chi connectivity index (χ3n) is 3.72. The van der Waals surface area contributed by atoms with E-state index in [0.29, 0.717) is 18.0 Å². The van der Waals surface area contributed by atoms with E-state index in [1.807, 2.05) is 24.3 Å². The second kappa shape index (κ2) is 4.59. The molecule has 2 atom stereocenters. The number of anilines is 1. The van der Waals surface area contributed by atoms with E-state index in [1.165, 1.54) is 0 Å². The van der Waals surface area contributed by atoms with Crippen LogP contribution in [-0.2, 0) is 0 Å². The van der Waals surface area contributed by atoms with Crippen LogP contribution in [-0.4, -0.2) is 28.6 Å². The van der Waals surface area contributed by atoms with Gasteiger partial charge in [0.15, 0.2) is 0 Å². The fourth-order valence-corrected chi connectivity index (χ4v) is 2.51. The molecule has 1 aliphatic rings. The molecule has 2 unspecified atom stereocenters. The van der Waals surface area contributed by atoms with Crippen molar-refractivity contribution in [3.63, 3.8) is 0 Å². The molecular weight excluding hydrogens is 226 g/mol. The molecule has 1 saturated heterocycles. The Morgan fingerprint density at radius 2 is 1.89 bits per heavy atom. The standard InChI is InChI=1S/C13H19N5/c1-8-10(9(2)18-17-8)7-14-13-15-11-5-3-4-6-12(11)16-13/h3-6,8-10,17-18H,7H2,1-2H3,(H2,14,15,16). The average Bonchev–Trinajstić information content (AvgIpc) is 2.91. The van der Waals surface area contributed by atoms with E-state index in [4.69, 9.17) is 0 Å². The van der Waals surface area contributed by atoms with Crippen molar-refractivity contribution in [2.75, 3.05) is 11.9 Å². The highest BCUT2D eigenvalue weighted by molar-refractivity contribution is 5.77. The van der Waals surface area contributed by atoms with Crippen molar-refractivity contribution < 1.29 is 0 Å². The monoisotopic (exact) mass is 245 g/mol. The lowest BCUT2D eigenvalue weighted by Crippen LogP contribution is -2.30. The summed E-state index contributed by atoms with van der Waals surface area (Å²) in [6, 6.07) is 9.01. The van der Waals surface area contributed by atoms with Crippen LogP contribution in [0.1, 0.15) is 13.8 Å². The van der Waals surface area contributed by atoms with Crippen LogP contribution >= 0.6 is 0 Å². The summed E-state index contributed by atoms with van der Waals surface area (Å²) >= 11 is 0. The third kappa shape index (κ3) is 2.07. The lowest BCUT2D eigenvalue weighted by molar-refractivity contribution is 0.466. The van der Waals surface area contributed by atoms with Crippen molar-refractivity contribution >= 4 is 17.0 Å². The number of hydrogen-bond donors (Lipinski definition) is 4. The van der Waals surface area contributed by atoms with Crippen molar-refractivity contribution in [2.45, 2.75) is 25.9 Å². The Labute approximate surface area is 106 Å². The number of nitrogens with zero attached hydrogens (tertiary/aromatic N) is 1. The van der Waals surface area contributed by atoms with Gasteiger partial charge in [0.25, 0.3) is 0 Å². The molecule has 2 heterocycles. The molecule has 0 bridgehead atoms. The Bertz CT molecular complexity index is 492. The largest absolute Gasteiger partial charge is 0.355 e. The normalized spacial score (nSPS) is 27.8. The molecule has 96 valence electrons. The third-order valence-corrected chi connectivity index (χ3v) is 3.72. The van der Waals surface area contributed by atoms with Gasteiger partial charge in [-0.05, 0) is 26.0 Å². The summed E-state index contributed by atoms with van der Waals surface area (Å²) in [6.45, 7) is 5.30. The molecule has 1 aromatic carbocycles. The van der Waals surface area contributed by atoms with E-state index in [2.05, 4.69) is 40.0 Å². The molecular formula is C13H19N5. The smallest absolute Gasteiger partial charge is 0.201 e. The number of benzene rings is 1. The molecule has 5 nitrogen and oxygen atoms in total. The molecule has 0 aliphatic carbocycles. The minimum atomic E-state index is 0.469. The van der Waals surface area contributed by atoms with E-state index < -0.39 is 0 Å². The Kier molecular flexibility index (Phi) is 2.93. The minimum Gasteiger partial charge on any atom is -0.355 e. The molecule has 18 heavy (non-hydrogen) atoms. The van der Waals surface area contributed by atoms with Gasteiger partial charge in [0.2, 0.25) is 5.95 Å². The summed E-state index contributed by atoms with van der Waals surface area (Å²) < 4.78 is 0. The Morgan fingerprint density at radius 3 is 2.61 bits per heavy atom. The van der Waals surface area contributed by atoms with Gasteiger partial charge in [-0.15, -0.1) is 0 Å². The number of rotatable bonds is 3. The lowest BCUT2D eigenvalue weighted by Gasteiger charge is -2.17. The Morgan fingerprint density at radius 1 is 1.17 bits per heavy atom. The van der Waals surface area contributed by atoms with Gasteiger partial charge in [-0.1, -0.05) is 12.1 Å². The van der Waals surface area contributed by atoms with Crippen molar-refractivity contribution in [3.05, 3.63) is 24.3 Å². The fraction of sp³-hybridized carbons (Fsp3) is 0.462. The molecule has 1 aliphatic heterocycles. The van der Waals surface area contributed by atoms with Crippen LogP contribution in [0.2, 0.25) is 0 Å². The van der Waals surface area contributed by atoms with E-state index >= 15 is 0 Å². The average molecular weight is 245 g/mol. The Balaban J connectivity index is 1.69. The Hall–Kier alpha value is -1.59. The van der Waals surface area contributed by atoms with Crippen molar-refractivity contribution in [1.82, 2.24) is 20.8 Å². The molecule has 0 spiro atoms. The van der Waals surface area contributed by atoms with Crippen LogP contribution in [0.25, 0.3) is 11.0 Å². The number of para-hydroxylation sites is 2. The molecule has 0 amide bonds. The van der Waals surface area contributed by atoms with E-state index in [9.17, 15) is 0 Å². The predicted octanol–water partition coefficient (Wildman–Crippen LogP) is 1.48. The van der Waals surface area contributed by atoms with Crippen LogP contribution in [0.15, 0.2) is 24.3 Å². The highest BCUT2D eigenvalue weighted by atomic mass is 15.4. The summed E-state index contributed by atoms with van der Waals surface area (Å²) in [4.78, 5) is 7.80. The minimum absolute atomic E-state index is 0.469. The second-order valence-electron chi connectivity index (χ2n) is 5.01. The summed E-state index contributed by atoms with van der Waals surface area (Å²) in [5.41, 5.74) is 8.60. The van der Waals surface area contributed by atoms with Gasteiger partial charge in [-0.3, -0.25) is 10.9 Å². The number of nitrogens with one attached hydrogen (secondary N) is 4. The highest BCUT2D eigenvalue weighted by Crippen LogP contribution is 2.17. The topological polar surface area (TPSA) is 64.8 Å². The molecule has 4 N–H and O–H groups in total. The van der Waals surface area contributed by atoms with Crippen molar-refractivity contribution in [2.24, 2.45) is 5.92 Å². The van der Waals surface area contributed by atoms with Crippen LogP contribution in [0.3, 0.4) is 0 Å². The first-order valence-electron chi connectivity index (χ1n) is 6.44. The van der Waals surface area contributed by atoms with Gasteiger partial charge in [0, 0.05) is 24.5 Å². The van der Waals surface area contributed by atoms with Gasteiger partial charge < -0.3 is 10.3 Å². The number of fused-ring (bicyclic) bond motifs is 1. The molecule has 1 aromatic heterocycles. The van der Waals surface area contributed by atoms with Crippen LogP contribution in [0.4, 0.5) is 5.95 Å². The molecule has 0 saturated carbocycles. The zero-order valence-electron chi connectivity index (χ0n) is 10.7. The summed E-state index contributed by atoms with van der Waals surface area (Å²) in [5.74, 6) is 1.40. The van der Waals surface area contributed by atoms with Crippen LogP contribution in [0, 0.1) is 5.92 Å². The maximum atomic E-state index is 4.52. The maximum absolute atomic E-state index is 4.52. The summed E-state index contributed by atoms with van der Waals surface area (Å²) in [7, 11) is 0. The highest BCUT2D eigenvalue weighted by Gasteiger charge is 2.29. The zero-order valence-corrected chi connectivity index (χ0v) is 10.7. The number of aromatic nitrogens is 2. The van der Waals surface area contributed by atoms with Crippen LogP contribution < -0.4 is 16.2 Å². The summed E-state index contributed by atoms with van der Waals surface area (Å²) in [5, 5.41) is 3.39. The van der Waals surface area contributed by atoms with E-state index in [-0.39, 0.29) is 0 Å². The first-order chi connectivity index (χ1) is 8.74. The van der Waals surface area contributed by atoms with Gasteiger partial charge >= 0.3 is 0 Å². The second-order valence-corrected chi connectivity index (χ2v) is 5.01. The first kappa shape index (κ1) is 11.5. The van der Waals surface area contributed by atoms with Gasteiger partial charge in [0.1, 0.15) is 0 Å². The number of imidazole rings is 1. The van der Waals surface area contributed by atoms with Gasteiger partial charge in [-0.25, -0.2) is 4.98 Å². The summed E-state index contributed by atoms with van der Waals surface area (Å²) in [6.07, 6.45) is 0. The molecule has 5 heteroatoms. The number of H-pyrrole nitrogens is 1.